The fourth-order valence-corrected chi connectivity index (χ4v) is 5.15. The van der Waals surface area contributed by atoms with Crippen molar-refractivity contribution in [1.29, 1.82) is 0 Å². The lowest BCUT2D eigenvalue weighted by atomic mass is 9.98. The number of benzene rings is 2. The smallest absolute Gasteiger partial charge is 0.319 e. The van der Waals surface area contributed by atoms with Crippen LogP contribution in [0.15, 0.2) is 36.4 Å². The van der Waals surface area contributed by atoms with Crippen LogP contribution in [0, 0.1) is 0 Å². The number of hydrogen-bond donors (Lipinski definition) is 6. The number of urea groups is 1. The molecule has 2 heterocycles. The van der Waals surface area contributed by atoms with Crippen molar-refractivity contribution < 1.29 is 24.9 Å². The third-order valence-corrected chi connectivity index (χ3v) is 7.49. The largest absolute Gasteiger partial charge is 0.508 e. The van der Waals surface area contributed by atoms with Crippen LogP contribution in [0.4, 0.5) is 4.79 Å². The van der Waals surface area contributed by atoms with Crippen molar-refractivity contribution in [2.45, 2.75) is 32.4 Å². The molecule has 3 amide bonds. The highest BCUT2D eigenvalue weighted by Gasteiger charge is 2.25. The van der Waals surface area contributed by atoms with Gasteiger partial charge >= 0.3 is 12.0 Å². The van der Waals surface area contributed by atoms with Gasteiger partial charge in [-0.25, -0.2) is 20.7 Å². The summed E-state index contributed by atoms with van der Waals surface area (Å²) in [6.45, 7) is 6.88. The summed E-state index contributed by atoms with van der Waals surface area (Å²) in [7, 11) is 0. The van der Waals surface area contributed by atoms with Crippen LogP contribution >= 0.6 is 11.4 Å². The molecular weight excluding hydrogens is 534 g/mol. The van der Waals surface area contributed by atoms with E-state index in [-0.39, 0.29) is 35.3 Å². The second kappa shape index (κ2) is 12.4. The Hall–Kier alpha value is -4.10. The van der Waals surface area contributed by atoms with Crippen LogP contribution in [0.1, 0.15) is 30.9 Å². The summed E-state index contributed by atoms with van der Waals surface area (Å²) in [5.74, 6) is 3.56. The molecule has 1 atom stereocenters. The van der Waals surface area contributed by atoms with E-state index in [1.807, 2.05) is 38.1 Å². The Kier molecular flexibility index (Phi) is 8.95. The zero-order valence-corrected chi connectivity index (χ0v) is 23.4. The maximum Gasteiger partial charge on any atom is 0.319 e. The first-order chi connectivity index (χ1) is 19.1. The number of amides is 3. The summed E-state index contributed by atoms with van der Waals surface area (Å²) in [6.07, 6.45) is 0. The van der Waals surface area contributed by atoms with Crippen LogP contribution in [0.2, 0.25) is 0 Å². The van der Waals surface area contributed by atoms with Gasteiger partial charge in [0.15, 0.2) is 5.82 Å². The first-order valence-corrected chi connectivity index (χ1v) is 14.1. The number of rotatable bonds is 9. The number of thiol groups is 1. The van der Waals surface area contributed by atoms with Gasteiger partial charge in [-0.1, -0.05) is 36.9 Å². The highest BCUT2D eigenvalue weighted by Crippen LogP contribution is 2.38. The van der Waals surface area contributed by atoms with E-state index >= 15 is 0 Å². The van der Waals surface area contributed by atoms with E-state index in [4.69, 9.17) is 5.73 Å². The van der Waals surface area contributed by atoms with E-state index in [1.165, 1.54) is 10.6 Å². The monoisotopic (exact) mass is 569 g/mol. The molecule has 0 radical (unpaired) electrons. The van der Waals surface area contributed by atoms with Crippen LogP contribution in [0.25, 0.3) is 17.1 Å². The maximum atomic E-state index is 12.6. The van der Waals surface area contributed by atoms with Gasteiger partial charge in [0.1, 0.15) is 17.5 Å². The molecule has 6 N–H and O–H groups in total. The Morgan fingerprint density at radius 2 is 1.73 bits per heavy atom. The van der Waals surface area contributed by atoms with Crippen molar-refractivity contribution in [3.63, 3.8) is 0 Å². The fraction of sp³-hybridized carbons (Fsp3) is 0.370. The first kappa shape index (κ1) is 28.9. The van der Waals surface area contributed by atoms with Gasteiger partial charge in [-0.05, 0) is 35.2 Å². The molecule has 1 saturated heterocycles. The molecule has 4 rings (SSSR count). The molecule has 1 fully saturated rings. The highest BCUT2D eigenvalue weighted by atomic mass is 32.1. The molecule has 0 saturated carbocycles. The van der Waals surface area contributed by atoms with E-state index in [2.05, 4.69) is 26.3 Å². The van der Waals surface area contributed by atoms with Gasteiger partial charge in [-0.15, -0.1) is 5.10 Å². The van der Waals surface area contributed by atoms with Crippen molar-refractivity contribution in [3.8, 4) is 34.6 Å². The lowest BCUT2D eigenvalue weighted by Crippen LogP contribution is -2.55. The van der Waals surface area contributed by atoms with E-state index in [9.17, 15) is 24.9 Å². The normalized spacial score (nSPS) is 14.8. The maximum absolute atomic E-state index is 12.6. The van der Waals surface area contributed by atoms with Gasteiger partial charge in [-0.3, -0.25) is 9.69 Å². The Bertz CT molecular complexity index is 1380. The Morgan fingerprint density at radius 3 is 2.33 bits per heavy atom. The van der Waals surface area contributed by atoms with E-state index < -0.39 is 11.9 Å². The van der Waals surface area contributed by atoms with Gasteiger partial charge in [-0.2, -0.15) is 0 Å². The molecule has 1 aliphatic rings. The summed E-state index contributed by atoms with van der Waals surface area (Å²) in [5, 5.41) is 41.8. The number of carbonyl (C=O) groups is 2. The predicted molar refractivity (Wildman–Crippen MR) is 155 cm³/mol. The molecule has 40 heavy (non-hydrogen) atoms. The molecule has 0 spiro atoms. The number of piperazine rings is 1. The van der Waals surface area contributed by atoms with E-state index in [0.717, 1.165) is 16.9 Å². The van der Waals surface area contributed by atoms with Gasteiger partial charge in [0.25, 0.3) is 0 Å². The Labute approximate surface area is 236 Å². The average Bonchev–Trinajstić information content (AvgIpc) is 3.29. The van der Waals surface area contributed by atoms with E-state index in [0.29, 0.717) is 55.3 Å². The van der Waals surface area contributed by atoms with Gasteiger partial charge in [0.2, 0.25) is 5.91 Å². The minimum atomic E-state index is -0.732. The molecule has 12 nitrogen and oxygen atoms in total. The molecule has 2 aromatic carbocycles. The van der Waals surface area contributed by atoms with Crippen molar-refractivity contribution in [2.24, 2.45) is 5.73 Å². The Balaban J connectivity index is 1.42. The van der Waals surface area contributed by atoms with Gasteiger partial charge in [0.05, 0.1) is 11.3 Å². The number of aromatic hydroxyl groups is 3. The third-order valence-electron chi connectivity index (χ3n) is 6.87. The molecular formula is C27H35N7O5S. The third kappa shape index (κ3) is 6.37. The molecule has 13 heteroatoms. The number of hydrogen-bond acceptors (Lipinski definition) is 8. The number of carbonyl (C=O) groups excluding carboxylic acids is 2. The van der Waals surface area contributed by atoms with Crippen molar-refractivity contribution in [1.82, 2.24) is 29.9 Å². The fourth-order valence-electron chi connectivity index (χ4n) is 4.62. The second-order valence-electron chi connectivity index (χ2n) is 9.98. The number of aromatic nitrogens is 3. The van der Waals surface area contributed by atoms with Gasteiger partial charge in [0, 0.05) is 44.5 Å². The molecule has 214 valence electrons. The number of primary amides is 1. The molecule has 1 unspecified atom stereocenters. The lowest BCUT2D eigenvalue weighted by molar-refractivity contribution is -0.119. The van der Waals surface area contributed by atoms with Crippen LogP contribution in [0.5, 0.6) is 17.5 Å². The molecule has 3 aromatic rings. The number of nitrogens with two attached hydrogens (primary N) is 1. The van der Waals surface area contributed by atoms with Crippen molar-refractivity contribution in [2.75, 3.05) is 31.9 Å². The summed E-state index contributed by atoms with van der Waals surface area (Å²) in [5.41, 5.74) is 7.99. The zero-order chi connectivity index (χ0) is 29.0. The summed E-state index contributed by atoms with van der Waals surface area (Å²) in [4.78, 5) is 28.0. The SMILES string of the molecule is C=[SH]CC(NC(=O)N1CCN(Cc2ccc(-n3c(O)nnc3-c3cc(C(C)C)c(O)cc3O)cc2)CC1)C(N)=O. The molecule has 0 bridgehead atoms. The first-order valence-electron chi connectivity index (χ1n) is 12.9. The number of nitrogens with one attached hydrogen (secondary N) is 1. The van der Waals surface area contributed by atoms with Crippen molar-refractivity contribution in [3.05, 3.63) is 47.5 Å². The minimum Gasteiger partial charge on any atom is -0.508 e. The lowest BCUT2D eigenvalue weighted by Gasteiger charge is -2.35. The van der Waals surface area contributed by atoms with Crippen molar-refractivity contribution >= 4 is 29.2 Å². The summed E-state index contributed by atoms with van der Waals surface area (Å²) < 4.78 is 1.44. The van der Waals surface area contributed by atoms with E-state index in [1.54, 1.807) is 11.0 Å². The predicted octanol–water partition coefficient (Wildman–Crippen LogP) is 1.75. The van der Waals surface area contributed by atoms with Crippen LogP contribution in [-0.4, -0.2) is 95.7 Å². The number of phenolic OH excluding ortho intramolecular Hbond substituents is 2. The van der Waals surface area contributed by atoms with Crippen LogP contribution < -0.4 is 11.1 Å². The standard InChI is InChI=1S/C27H35N7O5S/c1-16(2)19-12-20(23(36)13-22(19)35)25-30-31-27(39)34(25)18-6-4-17(5-7-18)14-32-8-10-33(11-9-32)26(38)29-21(15-40-3)24(28)37/h4-7,12-13,16,21,35-36,40H,3,8-11,14-15H2,1-2H3,(H2,28,37)(H,29,38)(H,31,39). The number of nitrogens with zero attached hydrogens (tertiary/aromatic N) is 5. The highest BCUT2D eigenvalue weighted by molar-refractivity contribution is 7.96. The molecule has 1 aliphatic heterocycles. The number of phenols is 2. The van der Waals surface area contributed by atoms with Crippen LogP contribution in [0.3, 0.4) is 0 Å². The second-order valence-corrected chi connectivity index (χ2v) is 10.8. The average molecular weight is 570 g/mol. The molecule has 1 aromatic heterocycles. The molecule has 0 aliphatic carbocycles. The van der Waals surface area contributed by atoms with Crippen LogP contribution in [-0.2, 0) is 11.3 Å². The van der Waals surface area contributed by atoms with Gasteiger partial charge < -0.3 is 31.3 Å². The zero-order valence-electron chi connectivity index (χ0n) is 22.5. The summed E-state index contributed by atoms with van der Waals surface area (Å²) in [6, 6.07) is 9.09. The topological polar surface area (TPSA) is 170 Å². The Morgan fingerprint density at radius 1 is 1.05 bits per heavy atom. The summed E-state index contributed by atoms with van der Waals surface area (Å²) >= 11 is 0.730. The quantitative estimate of drug-likeness (QED) is 0.167. The minimum absolute atomic E-state index is 0.00483.